The molecule has 0 heterocycles. The van der Waals surface area contributed by atoms with Crippen molar-refractivity contribution in [2.75, 3.05) is 7.11 Å². The molecule has 3 aromatic carbocycles. The molecule has 0 amide bonds. The van der Waals surface area contributed by atoms with Crippen molar-refractivity contribution in [3.05, 3.63) is 105 Å². The first-order chi connectivity index (χ1) is 13.3. The van der Waals surface area contributed by atoms with E-state index < -0.39 is 4.92 Å². The molecule has 5 nitrogen and oxygen atoms in total. The highest BCUT2D eigenvalue weighted by Crippen LogP contribution is 2.11. The van der Waals surface area contributed by atoms with Crippen LogP contribution in [0.5, 0.6) is 5.75 Å². The maximum atomic E-state index is 10.1. The normalized spacial score (nSPS) is 8.96. The molecular weight excluding hydrogens is 352 g/mol. The highest BCUT2D eigenvalue weighted by Gasteiger charge is 2.00. The molecule has 0 unspecified atom stereocenters. The van der Waals surface area contributed by atoms with Gasteiger partial charge in [0, 0.05) is 12.1 Å². The summed E-state index contributed by atoms with van der Waals surface area (Å²) in [5.41, 5.74) is 4.27. The fourth-order valence-electron chi connectivity index (χ4n) is 2.12. The number of methoxy groups -OCH3 is 1. The number of hydrogen-bond acceptors (Lipinski definition) is 4. The van der Waals surface area contributed by atoms with Crippen LogP contribution in [0.4, 0.5) is 5.69 Å². The molecule has 28 heavy (non-hydrogen) atoms. The van der Waals surface area contributed by atoms with Crippen molar-refractivity contribution in [3.63, 3.8) is 0 Å². The van der Waals surface area contributed by atoms with Crippen molar-refractivity contribution in [3.8, 4) is 11.8 Å². The molecule has 0 fully saturated rings. The van der Waals surface area contributed by atoms with E-state index in [0.717, 1.165) is 22.4 Å². The van der Waals surface area contributed by atoms with Gasteiger partial charge in [0.05, 0.1) is 23.7 Å². The number of hydrogen-bond donors (Lipinski definition) is 0. The molecule has 3 aromatic rings. The van der Waals surface area contributed by atoms with Gasteiger partial charge in [-0.3, -0.25) is 10.1 Å². The Labute approximate surface area is 166 Å². The minimum absolute atomic E-state index is 0.144. The first kappa shape index (κ1) is 22.4. The van der Waals surface area contributed by atoms with Crippen LogP contribution < -0.4 is 4.74 Å². The smallest absolute Gasteiger partial charge is 0.269 e. The Kier molecular flexibility index (Phi) is 9.49. The Balaban J connectivity index is 0.000000210. The number of nitrogens with zero attached hydrogens (tertiary/aromatic N) is 2. The van der Waals surface area contributed by atoms with E-state index in [1.807, 2.05) is 63.2 Å². The minimum Gasteiger partial charge on any atom is -0.497 e. The third-order valence-electron chi connectivity index (χ3n) is 3.62. The third kappa shape index (κ3) is 8.63. The second kappa shape index (κ2) is 11.9. The summed E-state index contributed by atoms with van der Waals surface area (Å²) in [6, 6.07) is 24.0. The van der Waals surface area contributed by atoms with Crippen LogP contribution in [-0.2, 0) is 0 Å². The Morgan fingerprint density at radius 1 is 0.857 bits per heavy atom. The third-order valence-corrected chi connectivity index (χ3v) is 3.62. The lowest BCUT2D eigenvalue weighted by Gasteiger charge is -1.97. The number of aryl methyl sites for hydroxylation is 3. The van der Waals surface area contributed by atoms with Crippen molar-refractivity contribution in [2.45, 2.75) is 20.8 Å². The lowest BCUT2D eigenvalue weighted by Crippen LogP contribution is -1.86. The molecule has 5 heteroatoms. The number of ether oxygens (including phenoxy) is 1. The van der Waals surface area contributed by atoms with E-state index >= 15 is 0 Å². The van der Waals surface area contributed by atoms with Gasteiger partial charge in [0.15, 0.2) is 0 Å². The van der Waals surface area contributed by atoms with E-state index in [-0.39, 0.29) is 5.69 Å². The van der Waals surface area contributed by atoms with Crippen LogP contribution in [0.25, 0.3) is 0 Å². The molecule has 0 N–H and O–H groups in total. The molecule has 0 aliphatic carbocycles. The lowest BCUT2D eigenvalue weighted by molar-refractivity contribution is -0.384. The zero-order valence-electron chi connectivity index (χ0n) is 16.5. The molecule has 0 bridgehead atoms. The van der Waals surface area contributed by atoms with Gasteiger partial charge in [-0.15, -0.1) is 0 Å². The molecule has 0 spiro atoms. The average Bonchev–Trinajstić information content (AvgIpc) is 2.69. The summed E-state index contributed by atoms with van der Waals surface area (Å²) in [6.07, 6.45) is 0. The maximum Gasteiger partial charge on any atom is 0.269 e. The number of nitro groups is 1. The predicted molar refractivity (Wildman–Crippen MR) is 111 cm³/mol. The van der Waals surface area contributed by atoms with Gasteiger partial charge in [0.25, 0.3) is 5.69 Å². The van der Waals surface area contributed by atoms with Crippen molar-refractivity contribution < 1.29 is 9.66 Å². The molecule has 0 saturated carbocycles. The van der Waals surface area contributed by atoms with Crippen molar-refractivity contribution in [2.24, 2.45) is 0 Å². The highest BCUT2D eigenvalue weighted by atomic mass is 16.6. The SMILES string of the molecule is COc1cccc(C)c1.Cc1ccc([N+](=O)[O-])cc1.Cc1cccc(C#N)c1. The number of non-ortho nitro benzene ring substituents is 1. The van der Waals surface area contributed by atoms with E-state index in [0.29, 0.717) is 0 Å². The second-order valence-electron chi connectivity index (χ2n) is 6.09. The Morgan fingerprint density at radius 3 is 1.82 bits per heavy atom. The van der Waals surface area contributed by atoms with Gasteiger partial charge < -0.3 is 4.74 Å². The van der Waals surface area contributed by atoms with Gasteiger partial charge in [0.1, 0.15) is 5.75 Å². The Hall–Kier alpha value is -3.65. The van der Waals surface area contributed by atoms with Crippen LogP contribution in [0.2, 0.25) is 0 Å². The zero-order chi connectivity index (χ0) is 20.9. The fourth-order valence-corrected chi connectivity index (χ4v) is 2.12. The van der Waals surface area contributed by atoms with Gasteiger partial charge in [-0.2, -0.15) is 5.26 Å². The van der Waals surface area contributed by atoms with Gasteiger partial charge >= 0.3 is 0 Å². The summed E-state index contributed by atoms with van der Waals surface area (Å²) in [7, 11) is 1.68. The first-order valence-electron chi connectivity index (χ1n) is 8.64. The molecule has 3 rings (SSSR count). The summed E-state index contributed by atoms with van der Waals surface area (Å²) in [5.74, 6) is 0.926. The van der Waals surface area contributed by atoms with E-state index in [1.165, 1.54) is 17.7 Å². The van der Waals surface area contributed by atoms with Crippen LogP contribution in [0.3, 0.4) is 0 Å². The largest absolute Gasteiger partial charge is 0.497 e. The van der Waals surface area contributed by atoms with Crippen LogP contribution in [0, 0.1) is 42.2 Å². The first-order valence-corrected chi connectivity index (χ1v) is 8.64. The molecule has 0 aromatic heterocycles. The van der Waals surface area contributed by atoms with Crippen molar-refractivity contribution in [1.29, 1.82) is 5.26 Å². The summed E-state index contributed by atoms with van der Waals surface area (Å²) >= 11 is 0. The molecule has 144 valence electrons. The molecule has 0 saturated heterocycles. The summed E-state index contributed by atoms with van der Waals surface area (Å²) in [5, 5.41) is 18.5. The number of rotatable bonds is 2. The molecule has 0 atom stereocenters. The van der Waals surface area contributed by atoms with Gasteiger partial charge in [0.2, 0.25) is 0 Å². The van der Waals surface area contributed by atoms with Crippen LogP contribution >= 0.6 is 0 Å². The number of nitriles is 1. The molecule has 0 radical (unpaired) electrons. The van der Waals surface area contributed by atoms with Crippen LogP contribution in [-0.4, -0.2) is 12.0 Å². The fraction of sp³-hybridized carbons (Fsp3) is 0.174. The second-order valence-corrected chi connectivity index (χ2v) is 6.09. The average molecular weight is 376 g/mol. The van der Waals surface area contributed by atoms with Crippen LogP contribution in [0.1, 0.15) is 22.3 Å². The predicted octanol–water partition coefficient (Wildman–Crippen LogP) is 5.77. The van der Waals surface area contributed by atoms with E-state index in [4.69, 9.17) is 10.00 Å². The van der Waals surface area contributed by atoms with Crippen molar-refractivity contribution in [1.82, 2.24) is 0 Å². The quantitative estimate of drug-likeness (QED) is 0.420. The van der Waals surface area contributed by atoms with E-state index in [2.05, 4.69) is 6.07 Å². The van der Waals surface area contributed by atoms with E-state index in [1.54, 1.807) is 25.3 Å². The molecule has 0 aliphatic heterocycles. The molecule has 0 aliphatic rings. The van der Waals surface area contributed by atoms with Crippen molar-refractivity contribution >= 4 is 5.69 Å². The highest BCUT2D eigenvalue weighted by molar-refractivity contribution is 5.32. The van der Waals surface area contributed by atoms with Gasteiger partial charge in [-0.05, 0) is 56.2 Å². The van der Waals surface area contributed by atoms with E-state index in [9.17, 15) is 10.1 Å². The van der Waals surface area contributed by atoms with Gasteiger partial charge in [-0.1, -0.05) is 42.0 Å². The van der Waals surface area contributed by atoms with Gasteiger partial charge in [-0.25, -0.2) is 0 Å². The minimum atomic E-state index is -0.403. The topological polar surface area (TPSA) is 76.2 Å². The monoisotopic (exact) mass is 376 g/mol. The standard InChI is InChI=1S/C8H7N.C8H10O.C7H7NO2/c1-7-3-2-4-8(5-7)6-9;1-7-4-3-5-8(6-7)9-2;1-6-2-4-7(5-3-6)8(9)10/h2-5H,1H3;3-6H,1-2H3;2-5H,1H3. The number of benzene rings is 3. The maximum absolute atomic E-state index is 10.1. The Bertz CT molecular complexity index is 929. The zero-order valence-corrected chi connectivity index (χ0v) is 16.5. The summed E-state index contributed by atoms with van der Waals surface area (Å²) in [6.45, 7) is 5.91. The lowest BCUT2D eigenvalue weighted by atomic mass is 10.2. The number of nitro benzene ring substituents is 1. The summed E-state index contributed by atoms with van der Waals surface area (Å²) in [4.78, 5) is 9.71. The summed E-state index contributed by atoms with van der Waals surface area (Å²) < 4.78 is 5.00. The Morgan fingerprint density at radius 2 is 1.43 bits per heavy atom. The van der Waals surface area contributed by atoms with Crippen LogP contribution in [0.15, 0.2) is 72.8 Å². The molecular formula is C23H24N2O3.